The van der Waals surface area contributed by atoms with E-state index in [2.05, 4.69) is 22.6 Å². The Morgan fingerprint density at radius 3 is 1.28 bits per heavy atom. The number of alkyl halides is 2. The Hall–Kier alpha value is -6.98. The molecule has 0 spiro atoms. The Morgan fingerprint density at radius 2 is 0.903 bits per heavy atom. The fourth-order valence-corrected chi connectivity index (χ4v) is 9.71. The highest BCUT2D eigenvalue weighted by Gasteiger charge is 2.33. The van der Waals surface area contributed by atoms with Crippen molar-refractivity contribution in [1.82, 2.24) is 0 Å². The molecule has 0 aromatic heterocycles. The summed E-state index contributed by atoms with van der Waals surface area (Å²) in [5.41, 5.74) is 7.88. The van der Waals surface area contributed by atoms with Gasteiger partial charge >= 0.3 is 11.9 Å². The zero-order valence-corrected chi connectivity index (χ0v) is 44.0. The lowest BCUT2D eigenvalue weighted by molar-refractivity contribution is 0.0271. The fourth-order valence-electron chi connectivity index (χ4n) is 9.07. The van der Waals surface area contributed by atoms with E-state index in [0.717, 1.165) is 37.8 Å². The monoisotopic (exact) mass is 1110 g/mol. The van der Waals surface area contributed by atoms with Gasteiger partial charge in [-0.25, -0.2) is 9.59 Å². The Balaban J connectivity index is 0.000000211. The van der Waals surface area contributed by atoms with Crippen molar-refractivity contribution in [2.45, 2.75) is 48.2 Å². The van der Waals surface area contributed by atoms with Gasteiger partial charge in [-0.3, -0.25) is 9.59 Å². The second kappa shape index (κ2) is 24.0. The van der Waals surface area contributed by atoms with Gasteiger partial charge in [-0.05, 0) is 132 Å². The first-order valence-corrected chi connectivity index (χ1v) is 24.8. The minimum atomic E-state index is -0.703. The van der Waals surface area contributed by atoms with E-state index in [9.17, 15) is 19.2 Å². The van der Waals surface area contributed by atoms with E-state index in [0.29, 0.717) is 93.6 Å². The minimum Gasteiger partial charge on any atom is -0.493 e. The lowest BCUT2D eigenvalue weighted by Gasteiger charge is -2.19. The number of hydrogen-bond donors (Lipinski definition) is 0. The van der Waals surface area contributed by atoms with Crippen LogP contribution in [0.2, 0.25) is 0 Å². The van der Waals surface area contributed by atoms with E-state index in [1.807, 2.05) is 36.4 Å². The summed E-state index contributed by atoms with van der Waals surface area (Å²) in [6, 6.07) is 27.9. The van der Waals surface area contributed by atoms with Crippen LogP contribution in [0, 0.1) is 0 Å². The van der Waals surface area contributed by atoms with Crippen molar-refractivity contribution in [1.29, 1.82) is 0 Å². The summed E-state index contributed by atoms with van der Waals surface area (Å²) in [4.78, 5) is 52.3. The maximum Gasteiger partial charge on any atom is 0.338 e. The number of fused-ring (bicyclic) bond motifs is 6. The largest absolute Gasteiger partial charge is 0.493 e. The van der Waals surface area contributed by atoms with E-state index in [1.54, 1.807) is 84.1 Å². The van der Waals surface area contributed by atoms with Crippen LogP contribution in [0.25, 0.3) is 22.3 Å². The van der Waals surface area contributed by atoms with E-state index in [1.165, 1.54) is 33.5 Å². The van der Waals surface area contributed by atoms with Gasteiger partial charge in [0.1, 0.15) is 12.2 Å². The number of carbonyl (C=O) groups excluding carboxylic acids is 2. The highest BCUT2D eigenvalue weighted by molar-refractivity contribution is 14.1. The third-order valence-corrected chi connectivity index (χ3v) is 13.7. The number of halogens is 2. The molecular formula is C56H54ClIO14. The van der Waals surface area contributed by atoms with Gasteiger partial charge in [-0.15, -0.1) is 11.6 Å². The Morgan fingerprint density at radius 1 is 0.500 bits per heavy atom. The Kier molecular flexibility index (Phi) is 17.6. The van der Waals surface area contributed by atoms with Crippen LogP contribution in [-0.4, -0.2) is 68.8 Å². The van der Waals surface area contributed by atoms with Gasteiger partial charge in [0.2, 0.25) is 22.4 Å². The summed E-state index contributed by atoms with van der Waals surface area (Å²) in [5.74, 6) is 2.55. The maximum atomic E-state index is 13.2. The number of aryl methyl sites for hydroxylation is 2. The lowest BCUT2D eigenvalue weighted by atomic mass is 9.96. The predicted molar refractivity (Wildman–Crippen MR) is 282 cm³/mol. The summed E-state index contributed by atoms with van der Waals surface area (Å²) in [5, 5.41) is 0. The molecule has 0 unspecified atom stereocenters. The molecule has 0 bridgehead atoms. The molecule has 0 saturated carbocycles. The molecule has 0 radical (unpaired) electrons. The topological polar surface area (TPSA) is 161 Å². The van der Waals surface area contributed by atoms with Crippen molar-refractivity contribution in [2.24, 2.45) is 0 Å². The van der Waals surface area contributed by atoms with E-state index in [-0.39, 0.29) is 28.2 Å². The second-order valence-corrected chi connectivity index (χ2v) is 17.5. The van der Waals surface area contributed by atoms with E-state index >= 15 is 0 Å². The van der Waals surface area contributed by atoms with Gasteiger partial charge in [0.15, 0.2) is 34.5 Å². The van der Waals surface area contributed by atoms with Crippen molar-refractivity contribution in [2.75, 3.05) is 56.9 Å². The van der Waals surface area contributed by atoms with Crippen LogP contribution in [0.15, 0.2) is 107 Å². The van der Waals surface area contributed by atoms with Crippen LogP contribution in [0.3, 0.4) is 0 Å². The average Bonchev–Trinajstić information content (AvgIpc) is 3.81. The highest BCUT2D eigenvalue weighted by Crippen LogP contribution is 2.52. The molecule has 2 aliphatic carbocycles. The van der Waals surface area contributed by atoms with Crippen molar-refractivity contribution in [3.05, 3.63) is 162 Å². The fraction of sp³-hybridized carbons (Fsp3) is 0.286. The van der Waals surface area contributed by atoms with Crippen LogP contribution >= 0.6 is 34.2 Å². The highest BCUT2D eigenvalue weighted by atomic mass is 127. The number of esters is 2. The first-order valence-electron chi connectivity index (χ1n) is 22.7. The van der Waals surface area contributed by atoms with Crippen molar-refractivity contribution < 1.29 is 57.0 Å². The van der Waals surface area contributed by atoms with Crippen LogP contribution in [0.1, 0.15) is 79.1 Å². The molecule has 16 heteroatoms. The van der Waals surface area contributed by atoms with Crippen LogP contribution in [-0.2, 0) is 32.6 Å². The van der Waals surface area contributed by atoms with Crippen molar-refractivity contribution in [3.63, 3.8) is 0 Å². The molecule has 8 rings (SSSR count). The SMILES string of the molecule is COc1cc2c(c(OC)c1OC)-c1ccc(OC)c(=O)cc1[C@@H](OC(=O)c1cccc(CCl)c1)CC2.COc1cc2c(c(OC)c1OC)-c1ccc(OC)c(=O)cc1[C@@H](OC(=O)c1cccc(CI)c1)CC2. The van der Waals surface area contributed by atoms with E-state index in [4.69, 9.17) is 59.0 Å². The quantitative estimate of drug-likeness (QED) is 0.0576. The van der Waals surface area contributed by atoms with Crippen LogP contribution < -0.4 is 48.8 Å². The molecule has 6 aromatic carbocycles. The Labute approximate surface area is 436 Å². The molecule has 0 aliphatic heterocycles. The molecule has 6 aromatic rings. The second-order valence-electron chi connectivity index (χ2n) is 16.5. The standard InChI is InChI=1S/C28H27ClO7.C28H27IO7/c2*1-32-23-11-9-19-20(14-21(23)30)22(36-28(31)18-7-5-6-16(12-18)15-29)10-8-17-13-24(33-2)26(34-3)27(35-4)25(17)19/h2*5-7,9,11-14,22H,8,10,15H2,1-4H3/t2*22-/m00/s1. The first-order chi connectivity index (χ1) is 34.9. The summed E-state index contributed by atoms with van der Waals surface area (Å²) in [6.45, 7) is 0. The molecule has 376 valence electrons. The van der Waals surface area contributed by atoms with Gasteiger partial charge < -0.3 is 47.4 Å². The predicted octanol–water partition coefficient (Wildman–Crippen LogP) is 10.9. The summed E-state index contributed by atoms with van der Waals surface area (Å²) < 4.78 is 57.3. The maximum absolute atomic E-state index is 13.2. The zero-order chi connectivity index (χ0) is 51.6. The number of ether oxygens (including phenoxy) is 10. The minimum absolute atomic E-state index is 0.170. The number of benzene rings is 4. The molecule has 72 heavy (non-hydrogen) atoms. The lowest BCUT2D eigenvalue weighted by Crippen LogP contribution is -2.13. The summed E-state index contributed by atoms with van der Waals surface area (Å²) >= 11 is 8.20. The number of methoxy groups -OCH3 is 8. The third kappa shape index (κ3) is 10.9. The van der Waals surface area contributed by atoms with Gasteiger partial charge in [-0.2, -0.15) is 0 Å². The first kappa shape index (κ1) is 52.8. The molecule has 0 amide bonds. The molecule has 14 nitrogen and oxygen atoms in total. The van der Waals surface area contributed by atoms with Crippen LogP contribution in [0.4, 0.5) is 0 Å². The van der Waals surface area contributed by atoms with Gasteiger partial charge in [-0.1, -0.05) is 46.9 Å². The number of hydrogen-bond acceptors (Lipinski definition) is 14. The molecule has 0 saturated heterocycles. The molecule has 2 aliphatic rings. The number of carbonyl (C=O) groups is 2. The van der Waals surface area contributed by atoms with Gasteiger partial charge in [0.05, 0.1) is 68.0 Å². The summed E-state index contributed by atoms with van der Waals surface area (Å²) in [6.07, 6.45) is 0.616. The Bertz CT molecular complexity index is 2910. The molecule has 0 N–H and O–H groups in total. The average molecular weight is 1110 g/mol. The molecule has 0 heterocycles. The normalized spacial score (nSPS) is 14.1. The molecule has 0 fully saturated rings. The third-order valence-electron chi connectivity index (χ3n) is 12.5. The smallest absolute Gasteiger partial charge is 0.338 e. The van der Waals surface area contributed by atoms with Crippen molar-refractivity contribution in [3.8, 4) is 68.2 Å². The van der Waals surface area contributed by atoms with Gasteiger partial charge in [0.25, 0.3) is 0 Å². The number of rotatable bonds is 14. The van der Waals surface area contributed by atoms with E-state index < -0.39 is 24.1 Å². The molecule has 2 atom stereocenters. The summed E-state index contributed by atoms with van der Waals surface area (Å²) in [7, 11) is 12.2. The zero-order valence-electron chi connectivity index (χ0n) is 41.1. The van der Waals surface area contributed by atoms with Gasteiger partial charge in [0, 0.05) is 32.6 Å². The molecular weight excluding hydrogens is 1060 g/mol. The van der Waals surface area contributed by atoms with Crippen LogP contribution in [0.5, 0.6) is 46.0 Å². The van der Waals surface area contributed by atoms with Crippen molar-refractivity contribution >= 4 is 46.1 Å².